The molecule has 2 aromatic carbocycles. The van der Waals surface area contributed by atoms with E-state index in [-0.39, 0.29) is 18.4 Å². The predicted molar refractivity (Wildman–Crippen MR) is 143 cm³/mol. The standard InChI is InChI=1S/C25H36N4O4S.ClH/c1-4-16-29(25(30)26-5-2)22-14-17-28(18-15-22)19-20-6-10-23(11-7-20)33-24-12-8-21(9-13-24)27-34(3,31)32;/h6-13,22,27H,4-5,14-19H2,1-3H3,(H,26,30);1H. The Morgan fingerprint density at radius 2 is 1.60 bits per heavy atom. The summed E-state index contributed by atoms with van der Waals surface area (Å²) in [5, 5.41) is 2.95. The van der Waals surface area contributed by atoms with Crippen LogP contribution in [0.5, 0.6) is 11.5 Å². The van der Waals surface area contributed by atoms with Crippen LogP contribution in [0.15, 0.2) is 48.5 Å². The Morgan fingerprint density at radius 3 is 2.11 bits per heavy atom. The molecule has 1 heterocycles. The largest absolute Gasteiger partial charge is 0.457 e. The average molecular weight is 525 g/mol. The van der Waals surface area contributed by atoms with Crippen LogP contribution in [0.1, 0.15) is 38.7 Å². The van der Waals surface area contributed by atoms with Crippen molar-refractivity contribution in [2.24, 2.45) is 0 Å². The zero-order valence-electron chi connectivity index (χ0n) is 20.7. The fraction of sp³-hybridized carbons (Fsp3) is 0.480. The van der Waals surface area contributed by atoms with Gasteiger partial charge in [0.25, 0.3) is 0 Å². The molecule has 0 atom stereocenters. The van der Waals surface area contributed by atoms with E-state index in [0.717, 1.165) is 57.4 Å². The minimum absolute atomic E-state index is 0. The van der Waals surface area contributed by atoms with E-state index < -0.39 is 10.0 Å². The van der Waals surface area contributed by atoms with Crippen LogP contribution in [0.4, 0.5) is 10.5 Å². The molecule has 1 aliphatic heterocycles. The van der Waals surface area contributed by atoms with Crippen LogP contribution in [0.25, 0.3) is 0 Å². The quantitative estimate of drug-likeness (QED) is 0.471. The highest BCUT2D eigenvalue weighted by atomic mass is 35.5. The van der Waals surface area contributed by atoms with Gasteiger partial charge in [0.05, 0.1) is 6.26 Å². The number of hydrogen-bond donors (Lipinski definition) is 2. The highest BCUT2D eigenvalue weighted by molar-refractivity contribution is 7.92. The van der Waals surface area contributed by atoms with Crippen molar-refractivity contribution < 1.29 is 17.9 Å². The lowest BCUT2D eigenvalue weighted by atomic mass is 10.0. The molecule has 194 valence electrons. The lowest BCUT2D eigenvalue weighted by molar-refractivity contribution is 0.117. The first kappa shape index (κ1) is 28.7. The highest BCUT2D eigenvalue weighted by Crippen LogP contribution is 2.25. The molecule has 0 bridgehead atoms. The van der Waals surface area contributed by atoms with Crippen molar-refractivity contribution in [3.8, 4) is 11.5 Å². The normalized spacial score (nSPS) is 14.6. The van der Waals surface area contributed by atoms with Gasteiger partial charge in [-0.3, -0.25) is 9.62 Å². The number of ether oxygens (including phenoxy) is 1. The second-order valence-electron chi connectivity index (χ2n) is 8.68. The maximum absolute atomic E-state index is 12.4. The number of carbonyl (C=O) groups is 1. The van der Waals surface area contributed by atoms with Gasteiger partial charge in [0, 0.05) is 44.5 Å². The average Bonchev–Trinajstić information content (AvgIpc) is 2.80. The smallest absolute Gasteiger partial charge is 0.317 e. The molecular weight excluding hydrogens is 488 g/mol. The topological polar surface area (TPSA) is 91.0 Å². The molecule has 0 aliphatic carbocycles. The second kappa shape index (κ2) is 13.6. The first-order chi connectivity index (χ1) is 16.3. The molecule has 0 radical (unpaired) electrons. The number of amides is 2. The Labute approximate surface area is 215 Å². The summed E-state index contributed by atoms with van der Waals surface area (Å²) in [5.74, 6) is 1.36. The Morgan fingerprint density at radius 1 is 1.03 bits per heavy atom. The molecule has 0 spiro atoms. The number of carbonyl (C=O) groups excluding carboxylic acids is 1. The summed E-state index contributed by atoms with van der Waals surface area (Å²) in [4.78, 5) is 16.8. The molecule has 8 nitrogen and oxygen atoms in total. The first-order valence-corrected chi connectivity index (χ1v) is 13.8. The zero-order chi connectivity index (χ0) is 24.6. The van der Waals surface area contributed by atoms with E-state index in [0.29, 0.717) is 24.0 Å². The van der Waals surface area contributed by atoms with E-state index >= 15 is 0 Å². The number of likely N-dealkylation sites (tertiary alicyclic amines) is 1. The SMILES string of the molecule is CCCN(C(=O)NCC)C1CCN(Cc2ccc(Oc3ccc(NS(C)(=O)=O)cc3)cc2)CC1.Cl. The number of nitrogens with zero attached hydrogens (tertiary/aromatic N) is 2. The molecule has 0 saturated carbocycles. The molecule has 10 heteroatoms. The summed E-state index contributed by atoms with van der Waals surface area (Å²) < 4.78 is 30.9. The maximum atomic E-state index is 12.4. The van der Waals surface area contributed by atoms with Gasteiger partial charge in [0.15, 0.2) is 0 Å². The van der Waals surface area contributed by atoms with Gasteiger partial charge in [-0.1, -0.05) is 19.1 Å². The third kappa shape index (κ3) is 9.23. The van der Waals surface area contributed by atoms with Crippen LogP contribution >= 0.6 is 12.4 Å². The summed E-state index contributed by atoms with van der Waals surface area (Å²) in [5.41, 5.74) is 1.71. The number of rotatable bonds is 10. The van der Waals surface area contributed by atoms with Gasteiger partial charge in [-0.05, 0) is 68.1 Å². The molecule has 2 amide bonds. The van der Waals surface area contributed by atoms with Gasteiger partial charge in [0.1, 0.15) is 11.5 Å². The number of nitrogens with one attached hydrogen (secondary N) is 2. The molecule has 0 unspecified atom stereocenters. The van der Waals surface area contributed by atoms with Crippen LogP contribution in [-0.4, -0.2) is 62.7 Å². The van der Waals surface area contributed by atoms with Crippen molar-refractivity contribution in [3.63, 3.8) is 0 Å². The maximum Gasteiger partial charge on any atom is 0.317 e. The van der Waals surface area contributed by atoms with E-state index in [1.165, 1.54) is 5.56 Å². The van der Waals surface area contributed by atoms with Crippen molar-refractivity contribution in [2.45, 2.75) is 45.7 Å². The van der Waals surface area contributed by atoms with Crippen molar-refractivity contribution in [2.75, 3.05) is 37.2 Å². The lowest BCUT2D eigenvalue weighted by Gasteiger charge is -2.38. The number of sulfonamides is 1. The van der Waals surface area contributed by atoms with Gasteiger partial charge in [-0.2, -0.15) is 0 Å². The van der Waals surface area contributed by atoms with Crippen molar-refractivity contribution in [3.05, 3.63) is 54.1 Å². The number of anilines is 1. The molecule has 1 aliphatic rings. The third-order valence-corrected chi connectivity index (χ3v) is 6.38. The van der Waals surface area contributed by atoms with E-state index in [4.69, 9.17) is 4.74 Å². The molecule has 2 aromatic rings. The van der Waals surface area contributed by atoms with Crippen LogP contribution in [0, 0.1) is 0 Å². The number of halogens is 1. The first-order valence-electron chi connectivity index (χ1n) is 11.9. The summed E-state index contributed by atoms with van der Waals surface area (Å²) in [6.45, 7) is 8.33. The number of piperidine rings is 1. The molecule has 0 aromatic heterocycles. The van der Waals surface area contributed by atoms with Crippen LogP contribution in [0.3, 0.4) is 0 Å². The Bertz CT molecular complexity index is 1020. The lowest BCUT2D eigenvalue weighted by Crippen LogP contribution is -2.50. The summed E-state index contributed by atoms with van der Waals surface area (Å²) in [7, 11) is -3.30. The van der Waals surface area contributed by atoms with Gasteiger partial charge in [-0.25, -0.2) is 13.2 Å². The third-order valence-electron chi connectivity index (χ3n) is 5.77. The fourth-order valence-electron chi connectivity index (χ4n) is 4.20. The monoisotopic (exact) mass is 524 g/mol. The van der Waals surface area contributed by atoms with Gasteiger partial charge >= 0.3 is 6.03 Å². The van der Waals surface area contributed by atoms with E-state index in [1.807, 2.05) is 24.0 Å². The predicted octanol–water partition coefficient (Wildman–Crippen LogP) is 4.68. The fourth-order valence-corrected chi connectivity index (χ4v) is 4.76. The summed E-state index contributed by atoms with van der Waals surface area (Å²) in [6.07, 6.45) is 4.06. The van der Waals surface area contributed by atoms with Crippen molar-refractivity contribution >= 4 is 34.1 Å². The number of urea groups is 1. The highest BCUT2D eigenvalue weighted by Gasteiger charge is 2.27. The summed E-state index contributed by atoms with van der Waals surface area (Å²) in [6, 6.07) is 15.2. The molecule has 1 fully saturated rings. The van der Waals surface area contributed by atoms with E-state index in [1.54, 1.807) is 24.3 Å². The minimum Gasteiger partial charge on any atom is -0.457 e. The van der Waals surface area contributed by atoms with Gasteiger partial charge < -0.3 is 15.0 Å². The molecule has 35 heavy (non-hydrogen) atoms. The minimum atomic E-state index is -3.30. The summed E-state index contributed by atoms with van der Waals surface area (Å²) >= 11 is 0. The van der Waals surface area contributed by atoms with E-state index in [9.17, 15) is 13.2 Å². The number of benzene rings is 2. The molecular formula is C25H37ClN4O4S. The Balaban J connectivity index is 0.00000432. The van der Waals surface area contributed by atoms with Crippen LogP contribution < -0.4 is 14.8 Å². The molecule has 2 N–H and O–H groups in total. The zero-order valence-corrected chi connectivity index (χ0v) is 22.3. The van der Waals surface area contributed by atoms with Crippen LogP contribution in [-0.2, 0) is 16.6 Å². The Hall–Kier alpha value is -2.49. The van der Waals surface area contributed by atoms with Crippen LogP contribution in [0.2, 0.25) is 0 Å². The van der Waals surface area contributed by atoms with Crippen molar-refractivity contribution in [1.82, 2.24) is 15.1 Å². The Kier molecular flexibility index (Phi) is 11.1. The molecule has 3 rings (SSSR count). The van der Waals surface area contributed by atoms with E-state index in [2.05, 4.69) is 34.0 Å². The number of hydrogen-bond acceptors (Lipinski definition) is 5. The van der Waals surface area contributed by atoms with Crippen molar-refractivity contribution in [1.29, 1.82) is 0 Å². The van der Waals surface area contributed by atoms with Gasteiger partial charge in [0.2, 0.25) is 10.0 Å². The molecule has 1 saturated heterocycles. The van der Waals surface area contributed by atoms with Gasteiger partial charge in [-0.15, -0.1) is 12.4 Å². The second-order valence-corrected chi connectivity index (χ2v) is 10.4.